The molecule has 0 spiro atoms. The standard InChI is InChI=1S/C14H19BrN4O/c1-9(2)19-14-11(17-10-4-3-5-20-8-10)6-13(15)18-12(14)7-16-19/h6-7,9-10H,3-5,8H2,1-2H3,(H,17,18)/t10-/m0/s1. The first-order valence-electron chi connectivity index (χ1n) is 7.03. The lowest BCUT2D eigenvalue weighted by Crippen LogP contribution is -2.30. The van der Waals surface area contributed by atoms with Crippen LogP contribution in [0.3, 0.4) is 0 Å². The van der Waals surface area contributed by atoms with Gasteiger partial charge in [0.1, 0.15) is 15.6 Å². The van der Waals surface area contributed by atoms with Gasteiger partial charge < -0.3 is 10.1 Å². The van der Waals surface area contributed by atoms with Crippen molar-refractivity contribution in [2.75, 3.05) is 18.5 Å². The highest BCUT2D eigenvalue weighted by molar-refractivity contribution is 9.10. The normalized spacial score (nSPS) is 19.7. The summed E-state index contributed by atoms with van der Waals surface area (Å²) in [5.74, 6) is 0. The lowest BCUT2D eigenvalue weighted by molar-refractivity contribution is 0.0876. The predicted octanol–water partition coefficient (Wildman–Crippen LogP) is 3.37. The number of rotatable bonds is 3. The number of pyridine rings is 1. The van der Waals surface area contributed by atoms with Crippen molar-refractivity contribution in [2.45, 2.75) is 38.8 Å². The first-order valence-corrected chi connectivity index (χ1v) is 7.82. The maximum Gasteiger partial charge on any atom is 0.112 e. The molecular weight excluding hydrogens is 320 g/mol. The van der Waals surface area contributed by atoms with Gasteiger partial charge in [-0.1, -0.05) is 0 Å². The second kappa shape index (κ2) is 5.69. The second-order valence-corrected chi connectivity index (χ2v) is 6.28. The molecule has 0 bridgehead atoms. The molecule has 20 heavy (non-hydrogen) atoms. The highest BCUT2D eigenvalue weighted by atomic mass is 79.9. The minimum Gasteiger partial charge on any atom is -0.379 e. The minimum atomic E-state index is 0.304. The van der Waals surface area contributed by atoms with Crippen molar-refractivity contribution in [3.63, 3.8) is 0 Å². The van der Waals surface area contributed by atoms with Crippen LogP contribution in [0.1, 0.15) is 32.7 Å². The van der Waals surface area contributed by atoms with E-state index in [2.05, 4.69) is 45.2 Å². The molecule has 2 aromatic heterocycles. The zero-order valence-electron chi connectivity index (χ0n) is 11.8. The van der Waals surface area contributed by atoms with Crippen LogP contribution in [0.5, 0.6) is 0 Å². The van der Waals surface area contributed by atoms with Gasteiger partial charge in [-0.2, -0.15) is 5.10 Å². The molecule has 1 aliphatic rings. The molecule has 3 heterocycles. The molecule has 1 aliphatic heterocycles. The van der Waals surface area contributed by atoms with Crippen LogP contribution in [-0.2, 0) is 4.74 Å². The molecule has 1 saturated heterocycles. The first kappa shape index (κ1) is 13.8. The SMILES string of the molecule is CC(C)n1ncc2nc(Br)cc(N[C@H]3CCCOC3)c21. The fraction of sp³-hybridized carbons (Fsp3) is 0.571. The number of halogens is 1. The van der Waals surface area contributed by atoms with Crippen molar-refractivity contribution in [1.82, 2.24) is 14.8 Å². The maximum atomic E-state index is 5.54. The summed E-state index contributed by atoms with van der Waals surface area (Å²) in [6.07, 6.45) is 4.07. The first-order chi connectivity index (χ1) is 9.65. The minimum absolute atomic E-state index is 0.304. The number of anilines is 1. The Morgan fingerprint density at radius 2 is 2.35 bits per heavy atom. The molecule has 6 heteroatoms. The summed E-state index contributed by atoms with van der Waals surface area (Å²) in [4.78, 5) is 4.49. The van der Waals surface area contributed by atoms with Crippen molar-refractivity contribution in [3.05, 3.63) is 16.9 Å². The summed E-state index contributed by atoms with van der Waals surface area (Å²) in [6, 6.07) is 2.69. The summed E-state index contributed by atoms with van der Waals surface area (Å²) in [5, 5.41) is 8.04. The van der Waals surface area contributed by atoms with E-state index in [1.807, 2.05) is 16.9 Å². The van der Waals surface area contributed by atoms with Crippen LogP contribution in [0.25, 0.3) is 11.0 Å². The van der Waals surface area contributed by atoms with Crippen LogP contribution in [0.15, 0.2) is 16.9 Å². The number of fused-ring (bicyclic) bond motifs is 1. The van der Waals surface area contributed by atoms with Crippen LogP contribution in [0.4, 0.5) is 5.69 Å². The predicted molar refractivity (Wildman–Crippen MR) is 83.1 cm³/mol. The maximum absolute atomic E-state index is 5.54. The third-order valence-electron chi connectivity index (χ3n) is 3.53. The molecule has 3 rings (SSSR count). The molecule has 0 aliphatic carbocycles. The zero-order valence-corrected chi connectivity index (χ0v) is 13.4. The Balaban J connectivity index is 2.00. The number of nitrogens with one attached hydrogen (secondary N) is 1. The fourth-order valence-electron chi connectivity index (χ4n) is 2.61. The van der Waals surface area contributed by atoms with E-state index in [9.17, 15) is 0 Å². The van der Waals surface area contributed by atoms with E-state index in [0.717, 1.165) is 47.4 Å². The second-order valence-electron chi connectivity index (χ2n) is 5.47. The molecule has 108 valence electrons. The lowest BCUT2D eigenvalue weighted by Gasteiger charge is -2.25. The van der Waals surface area contributed by atoms with Crippen LogP contribution in [-0.4, -0.2) is 34.0 Å². The van der Waals surface area contributed by atoms with E-state index >= 15 is 0 Å². The number of ether oxygens (including phenoxy) is 1. The Hall–Kier alpha value is -1.14. The molecule has 1 N–H and O–H groups in total. The van der Waals surface area contributed by atoms with Gasteiger partial charge in [0.15, 0.2) is 0 Å². The number of aromatic nitrogens is 3. The Morgan fingerprint density at radius 1 is 1.50 bits per heavy atom. The summed E-state index contributed by atoms with van der Waals surface area (Å²) in [5.41, 5.74) is 3.05. The molecular formula is C14H19BrN4O. The monoisotopic (exact) mass is 338 g/mol. The van der Waals surface area contributed by atoms with Gasteiger partial charge in [0.25, 0.3) is 0 Å². The van der Waals surface area contributed by atoms with Crippen molar-refractivity contribution in [2.24, 2.45) is 0 Å². The molecule has 0 aromatic carbocycles. The Kier molecular flexibility index (Phi) is 3.94. The highest BCUT2D eigenvalue weighted by Crippen LogP contribution is 2.29. The van der Waals surface area contributed by atoms with E-state index < -0.39 is 0 Å². The molecule has 2 aromatic rings. The Morgan fingerprint density at radius 3 is 3.05 bits per heavy atom. The van der Waals surface area contributed by atoms with E-state index in [-0.39, 0.29) is 0 Å². The lowest BCUT2D eigenvalue weighted by atomic mass is 10.1. The summed E-state index contributed by atoms with van der Waals surface area (Å²) < 4.78 is 8.38. The molecule has 0 amide bonds. The molecule has 0 saturated carbocycles. The van der Waals surface area contributed by atoms with Gasteiger partial charge in [0.2, 0.25) is 0 Å². The highest BCUT2D eigenvalue weighted by Gasteiger charge is 2.18. The molecule has 1 atom stereocenters. The summed E-state index contributed by atoms with van der Waals surface area (Å²) >= 11 is 3.47. The topological polar surface area (TPSA) is 52.0 Å². The van der Waals surface area contributed by atoms with Gasteiger partial charge in [-0.25, -0.2) is 4.98 Å². The average molecular weight is 339 g/mol. The van der Waals surface area contributed by atoms with Crippen molar-refractivity contribution >= 4 is 32.7 Å². The van der Waals surface area contributed by atoms with Gasteiger partial charge in [-0.15, -0.1) is 0 Å². The molecule has 0 radical (unpaired) electrons. The van der Waals surface area contributed by atoms with E-state index in [0.29, 0.717) is 12.1 Å². The van der Waals surface area contributed by atoms with Crippen LogP contribution < -0.4 is 5.32 Å². The van der Waals surface area contributed by atoms with E-state index in [4.69, 9.17) is 4.74 Å². The summed E-state index contributed by atoms with van der Waals surface area (Å²) in [7, 11) is 0. The quantitative estimate of drug-likeness (QED) is 0.871. The van der Waals surface area contributed by atoms with Crippen LogP contribution in [0, 0.1) is 0 Å². The van der Waals surface area contributed by atoms with Gasteiger partial charge in [0.05, 0.1) is 18.5 Å². The van der Waals surface area contributed by atoms with E-state index in [1.54, 1.807) is 0 Å². The number of hydrogen-bond acceptors (Lipinski definition) is 4. The smallest absolute Gasteiger partial charge is 0.112 e. The van der Waals surface area contributed by atoms with Crippen molar-refractivity contribution in [3.8, 4) is 0 Å². The van der Waals surface area contributed by atoms with E-state index in [1.165, 1.54) is 0 Å². The third kappa shape index (κ3) is 2.67. The van der Waals surface area contributed by atoms with Crippen molar-refractivity contribution in [1.29, 1.82) is 0 Å². The fourth-order valence-corrected chi connectivity index (χ4v) is 3.03. The van der Waals surface area contributed by atoms with Gasteiger partial charge in [-0.3, -0.25) is 4.68 Å². The largest absolute Gasteiger partial charge is 0.379 e. The number of hydrogen-bond donors (Lipinski definition) is 1. The van der Waals surface area contributed by atoms with Gasteiger partial charge in [-0.05, 0) is 48.7 Å². The Bertz CT molecular complexity index is 604. The molecule has 1 fully saturated rings. The van der Waals surface area contributed by atoms with Crippen molar-refractivity contribution < 1.29 is 4.74 Å². The van der Waals surface area contributed by atoms with Gasteiger partial charge >= 0.3 is 0 Å². The van der Waals surface area contributed by atoms with Crippen LogP contribution >= 0.6 is 15.9 Å². The van der Waals surface area contributed by atoms with Gasteiger partial charge in [0, 0.05) is 18.7 Å². The Labute approximate surface area is 126 Å². The zero-order chi connectivity index (χ0) is 14.1. The number of nitrogens with zero attached hydrogens (tertiary/aromatic N) is 3. The molecule has 0 unspecified atom stereocenters. The average Bonchev–Trinajstić information content (AvgIpc) is 2.83. The third-order valence-corrected chi connectivity index (χ3v) is 3.94. The van der Waals surface area contributed by atoms with Crippen LogP contribution in [0.2, 0.25) is 0 Å². The summed E-state index contributed by atoms with van der Waals surface area (Å²) in [6.45, 7) is 5.89. The molecule has 5 nitrogen and oxygen atoms in total.